The van der Waals surface area contributed by atoms with E-state index in [4.69, 9.17) is 11.6 Å². The third-order valence-corrected chi connectivity index (χ3v) is 8.43. The number of aromatic amines is 1. The number of H-pyrrole nitrogens is 1. The summed E-state index contributed by atoms with van der Waals surface area (Å²) in [5, 5.41) is 32.9. The molecule has 1 saturated carbocycles. The van der Waals surface area contributed by atoms with Crippen molar-refractivity contribution in [1.29, 1.82) is 5.26 Å². The molecule has 13 heteroatoms. The van der Waals surface area contributed by atoms with Gasteiger partial charge in [-0.2, -0.15) is 23.5 Å². The van der Waals surface area contributed by atoms with Gasteiger partial charge in [0.05, 0.1) is 40.2 Å². The van der Waals surface area contributed by atoms with E-state index in [1.807, 2.05) is 31.2 Å². The van der Waals surface area contributed by atoms with Gasteiger partial charge in [-0.1, -0.05) is 55.8 Å². The fraction of sp³-hybridized carbons (Fsp3) is 0.344. The minimum atomic E-state index is -4.45. The number of halogens is 4. The molecule has 0 aliphatic heterocycles. The van der Waals surface area contributed by atoms with Gasteiger partial charge in [0.1, 0.15) is 11.8 Å². The van der Waals surface area contributed by atoms with Crippen molar-refractivity contribution in [2.45, 2.75) is 58.3 Å². The predicted octanol–water partition coefficient (Wildman–Crippen LogP) is 7.76. The summed E-state index contributed by atoms with van der Waals surface area (Å²) in [6.45, 7) is 8.77. The molecule has 0 bridgehead atoms. The molecular weight excluding hydrogens is 603 g/mol. The maximum atomic E-state index is 14.0. The second-order valence-electron chi connectivity index (χ2n) is 12.6. The summed E-state index contributed by atoms with van der Waals surface area (Å²) in [5.41, 5.74) is 3.67. The van der Waals surface area contributed by atoms with Crippen molar-refractivity contribution in [2.24, 2.45) is 5.41 Å². The minimum absolute atomic E-state index is 0.0503. The van der Waals surface area contributed by atoms with Crippen LogP contribution in [0.2, 0.25) is 5.02 Å². The highest BCUT2D eigenvalue weighted by Gasteiger charge is 2.66. The number of alkyl halides is 3. The van der Waals surface area contributed by atoms with E-state index >= 15 is 0 Å². The number of anilines is 2. The summed E-state index contributed by atoms with van der Waals surface area (Å²) in [7, 11) is 0. The second kappa shape index (κ2) is 11.1. The Morgan fingerprint density at radius 3 is 2.60 bits per heavy atom. The molecule has 1 aliphatic carbocycles. The number of aromatic nitrogens is 6. The Balaban J connectivity index is 1.48. The summed E-state index contributed by atoms with van der Waals surface area (Å²) in [6, 6.07) is 10.8. The summed E-state index contributed by atoms with van der Waals surface area (Å²) >= 11 is 6.76. The molecule has 1 fully saturated rings. The van der Waals surface area contributed by atoms with E-state index in [9.17, 15) is 18.4 Å². The monoisotopic (exact) mass is 633 g/mol. The molecule has 1 atom stereocenters. The van der Waals surface area contributed by atoms with Crippen LogP contribution >= 0.6 is 11.6 Å². The van der Waals surface area contributed by atoms with Crippen molar-refractivity contribution in [3.05, 3.63) is 82.5 Å². The largest absolute Gasteiger partial charge is 0.413 e. The van der Waals surface area contributed by atoms with Crippen molar-refractivity contribution in [2.75, 3.05) is 17.2 Å². The van der Waals surface area contributed by atoms with Crippen LogP contribution in [0.4, 0.5) is 24.5 Å². The summed E-state index contributed by atoms with van der Waals surface area (Å²) in [4.78, 5) is 4.44. The number of nitriles is 1. The van der Waals surface area contributed by atoms with Crippen LogP contribution in [0.5, 0.6) is 0 Å². The topological polar surface area (TPSA) is 120 Å². The van der Waals surface area contributed by atoms with E-state index < -0.39 is 17.8 Å². The number of nitrogens with zero attached hydrogens (tertiary/aromatic N) is 6. The van der Waals surface area contributed by atoms with Crippen molar-refractivity contribution < 1.29 is 13.2 Å². The maximum Gasteiger partial charge on any atom is 0.413 e. The van der Waals surface area contributed by atoms with Crippen LogP contribution in [0.25, 0.3) is 22.0 Å². The number of hydrogen-bond acceptors (Lipinski definition) is 7. The van der Waals surface area contributed by atoms with E-state index in [0.29, 0.717) is 45.1 Å². The van der Waals surface area contributed by atoms with Crippen LogP contribution in [0.1, 0.15) is 62.0 Å². The highest BCUT2D eigenvalue weighted by molar-refractivity contribution is 6.35. The molecule has 3 heterocycles. The Morgan fingerprint density at radius 1 is 1.18 bits per heavy atom. The van der Waals surface area contributed by atoms with Crippen molar-refractivity contribution in [3.63, 3.8) is 0 Å². The van der Waals surface area contributed by atoms with Gasteiger partial charge in [0.25, 0.3) is 0 Å². The number of nitrogens with one attached hydrogen (secondary N) is 3. The third kappa shape index (κ3) is 5.68. The van der Waals surface area contributed by atoms with Gasteiger partial charge >= 0.3 is 6.18 Å². The number of rotatable bonds is 8. The summed E-state index contributed by atoms with van der Waals surface area (Å²) < 4.78 is 42.9. The number of benzene rings is 2. The lowest BCUT2D eigenvalue weighted by Gasteiger charge is -2.24. The standard InChI is InChI=1S/C32H31ClF3N9/c1-18-22(20-14-40-41-15-20)6-5-7-23(18)29(26-16-45(44-43-26)31(8-9-31)32(34,35)36)42-21-10-24-27(39-17-30(2,3)4)19(12-37)13-38-28(24)25(33)11-21/h5-7,10-11,13-16,29,42H,8-9,17H2,1-4H3,(H,38,39)(H,40,41). The molecule has 6 rings (SSSR count). The van der Waals surface area contributed by atoms with Gasteiger partial charge in [-0.05, 0) is 54.0 Å². The third-order valence-electron chi connectivity index (χ3n) is 8.14. The molecule has 0 spiro atoms. The number of hydrogen-bond donors (Lipinski definition) is 3. The van der Waals surface area contributed by atoms with Crippen LogP contribution in [0.3, 0.4) is 0 Å². The normalized spacial score (nSPS) is 15.1. The molecule has 9 nitrogen and oxygen atoms in total. The van der Waals surface area contributed by atoms with Crippen LogP contribution in [-0.4, -0.2) is 42.9 Å². The molecule has 5 aromatic rings. The second-order valence-corrected chi connectivity index (χ2v) is 13.0. The summed E-state index contributed by atoms with van der Waals surface area (Å²) in [6.07, 6.45) is 1.80. The van der Waals surface area contributed by atoms with Crippen molar-refractivity contribution in [1.82, 2.24) is 30.2 Å². The van der Waals surface area contributed by atoms with Gasteiger partial charge in [0.15, 0.2) is 5.54 Å². The molecule has 0 radical (unpaired) electrons. The molecule has 45 heavy (non-hydrogen) atoms. The molecule has 3 aromatic heterocycles. The zero-order valence-electron chi connectivity index (χ0n) is 25.1. The fourth-order valence-electron chi connectivity index (χ4n) is 5.51. The Morgan fingerprint density at radius 2 is 1.96 bits per heavy atom. The van der Waals surface area contributed by atoms with Crippen molar-refractivity contribution >= 4 is 33.9 Å². The van der Waals surface area contributed by atoms with Crippen LogP contribution in [-0.2, 0) is 5.54 Å². The SMILES string of the molecule is Cc1c(-c2cn[nH]c2)cccc1C(Nc1cc(Cl)c2ncc(C#N)c(NCC(C)(C)C)c2c1)c1cn(C2(C(F)(F)F)CC2)nn1. The maximum absolute atomic E-state index is 14.0. The minimum Gasteiger partial charge on any atom is -0.383 e. The Labute approximate surface area is 262 Å². The van der Waals surface area contributed by atoms with Gasteiger partial charge in [-0.15, -0.1) is 5.10 Å². The molecule has 0 amide bonds. The summed E-state index contributed by atoms with van der Waals surface area (Å²) in [5.74, 6) is 0. The zero-order chi connectivity index (χ0) is 32.1. The predicted molar refractivity (Wildman–Crippen MR) is 167 cm³/mol. The Hall–Kier alpha value is -4.63. The van der Waals surface area contributed by atoms with Crippen LogP contribution in [0.15, 0.2) is 55.1 Å². The zero-order valence-corrected chi connectivity index (χ0v) is 25.8. The number of pyridine rings is 1. The fourth-order valence-corrected chi connectivity index (χ4v) is 5.77. The van der Waals surface area contributed by atoms with E-state index in [-0.39, 0.29) is 18.3 Å². The molecule has 2 aromatic carbocycles. The van der Waals surface area contributed by atoms with E-state index in [2.05, 4.69) is 63.0 Å². The molecule has 232 valence electrons. The molecule has 1 aliphatic rings. The lowest BCUT2D eigenvalue weighted by Crippen LogP contribution is -2.35. The van der Waals surface area contributed by atoms with E-state index in [1.165, 1.54) is 12.4 Å². The van der Waals surface area contributed by atoms with Crippen LogP contribution in [0, 0.1) is 23.7 Å². The first-order valence-electron chi connectivity index (χ1n) is 14.4. The van der Waals surface area contributed by atoms with Gasteiger partial charge in [-0.25, -0.2) is 4.68 Å². The van der Waals surface area contributed by atoms with Crippen molar-refractivity contribution in [3.8, 4) is 17.2 Å². The molecule has 1 unspecified atom stereocenters. The van der Waals surface area contributed by atoms with Crippen LogP contribution < -0.4 is 10.6 Å². The Bertz CT molecular complexity index is 1910. The molecular formula is C32H31ClF3N9. The lowest BCUT2D eigenvalue weighted by molar-refractivity contribution is -0.182. The Kier molecular flexibility index (Phi) is 7.48. The van der Waals surface area contributed by atoms with Gasteiger partial charge in [0.2, 0.25) is 0 Å². The highest BCUT2D eigenvalue weighted by Crippen LogP contribution is 2.55. The number of fused-ring (bicyclic) bond motifs is 1. The first-order chi connectivity index (χ1) is 21.3. The molecule has 3 N–H and O–H groups in total. The van der Waals surface area contributed by atoms with E-state index in [0.717, 1.165) is 26.9 Å². The average Bonchev–Trinajstić information content (AvgIpc) is 3.38. The lowest BCUT2D eigenvalue weighted by atomic mass is 9.92. The van der Waals surface area contributed by atoms with Gasteiger partial charge < -0.3 is 10.6 Å². The highest BCUT2D eigenvalue weighted by atomic mass is 35.5. The smallest absolute Gasteiger partial charge is 0.383 e. The first-order valence-corrected chi connectivity index (χ1v) is 14.8. The molecule has 0 saturated heterocycles. The first kappa shape index (κ1) is 30.4. The van der Waals surface area contributed by atoms with Gasteiger partial charge in [-0.3, -0.25) is 10.1 Å². The van der Waals surface area contributed by atoms with E-state index in [1.54, 1.807) is 18.5 Å². The van der Waals surface area contributed by atoms with Gasteiger partial charge in [0, 0.05) is 35.6 Å². The average molecular weight is 634 g/mol. The quantitative estimate of drug-likeness (QED) is 0.160.